The van der Waals surface area contributed by atoms with Gasteiger partial charge >= 0.3 is 6.18 Å². The van der Waals surface area contributed by atoms with Gasteiger partial charge in [-0.2, -0.15) is 13.2 Å². The number of anilines is 2. The molecule has 3 aliphatic carbocycles. The summed E-state index contributed by atoms with van der Waals surface area (Å²) >= 11 is 1.57. The number of rotatable bonds is 11. The lowest BCUT2D eigenvalue weighted by atomic mass is 9.40. The van der Waals surface area contributed by atoms with Crippen LogP contribution in [0, 0.1) is 22.7 Å². The molecule has 5 heterocycles. The van der Waals surface area contributed by atoms with Crippen LogP contribution in [0.5, 0.6) is 0 Å². The predicted molar refractivity (Wildman–Crippen MR) is 250 cm³/mol. The van der Waals surface area contributed by atoms with Crippen molar-refractivity contribution in [2.45, 2.75) is 121 Å². The van der Waals surface area contributed by atoms with Gasteiger partial charge in [-0.3, -0.25) is 29.4 Å². The molecule has 3 aliphatic heterocycles. The second-order valence-electron chi connectivity index (χ2n) is 21.0. The van der Waals surface area contributed by atoms with Gasteiger partial charge in [0.2, 0.25) is 11.8 Å². The van der Waals surface area contributed by atoms with E-state index in [1.165, 1.54) is 62.6 Å². The lowest BCUT2D eigenvalue weighted by Crippen LogP contribution is -2.57. The summed E-state index contributed by atoms with van der Waals surface area (Å²) < 4.78 is 40.7. The topological polar surface area (TPSA) is 157 Å². The summed E-state index contributed by atoms with van der Waals surface area (Å²) in [5.74, 6) is -0.142. The largest absolute Gasteiger partial charge is 0.433 e. The Balaban J connectivity index is 0.664. The van der Waals surface area contributed by atoms with E-state index < -0.39 is 35.3 Å². The van der Waals surface area contributed by atoms with Crippen LogP contribution in [-0.2, 0) is 21.4 Å². The van der Waals surface area contributed by atoms with Gasteiger partial charge in [0.05, 0.1) is 26.4 Å². The van der Waals surface area contributed by atoms with Gasteiger partial charge in [-0.1, -0.05) is 24.8 Å². The molecule has 4 aromatic rings. The van der Waals surface area contributed by atoms with E-state index >= 15 is 0 Å². The summed E-state index contributed by atoms with van der Waals surface area (Å²) in [5.41, 5.74) is 2.16. The minimum absolute atomic E-state index is 0.197. The second-order valence-corrected chi connectivity index (χ2v) is 22.1. The highest BCUT2D eigenvalue weighted by atomic mass is 32.1. The van der Waals surface area contributed by atoms with Crippen LogP contribution >= 0.6 is 11.3 Å². The molecule has 67 heavy (non-hydrogen) atoms. The molecule has 6 aliphatic rings. The maximum atomic E-state index is 13.6. The molecule has 4 N–H and O–H groups in total. The van der Waals surface area contributed by atoms with Gasteiger partial charge in [0.1, 0.15) is 17.4 Å². The van der Waals surface area contributed by atoms with E-state index in [4.69, 9.17) is 4.98 Å². The maximum Gasteiger partial charge on any atom is 0.433 e. The molecule has 3 saturated carbocycles. The Kier molecular flexibility index (Phi) is 11.6. The number of amides is 4. The molecule has 16 heteroatoms. The number of carbonyl (C=O) groups excluding carboxylic acids is 4. The molecular formula is C51H58F3N7O5S. The van der Waals surface area contributed by atoms with E-state index in [0.29, 0.717) is 51.1 Å². The number of piperidine rings is 2. The number of hydrogen-bond acceptors (Lipinski definition) is 10. The first-order valence-corrected chi connectivity index (χ1v) is 24.7. The highest BCUT2D eigenvalue weighted by molar-refractivity contribution is 7.18. The van der Waals surface area contributed by atoms with Crippen LogP contribution < -0.4 is 16.0 Å². The van der Waals surface area contributed by atoms with E-state index in [1.54, 1.807) is 37.3 Å². The van der Waals surface area contributed by atoms with Gasteiger partial charge in [0.15, 0.2) is 0 Å². The Morgan fingerprint density at radius 2 is 1.67 bits per heavy atom. The summed E-state index contributed by atoms with van der Waals surface area (Å²) in [6, 6.07) is 11.7. The molecule has 1 unspecified atom stereocenters. The normalized spacial score (nSPS) is 24.1. The summed E-state index contributed by atoms with van der Waals surface area (Å²) in [4.78, 5) is 63.8. The van der Waals surface area contributed by atoms with Crippen LogP contribution in [0.4, 0.5) is 24.5 Å². The summed E-state index contributed by atoms with van der Waals surface area (Å²) in [6.07, 6.45) is 9.06. The van der Waals surface area contributed by atoms with Crippen LogP contribution in [0.1, 0.15) is 146 Å². The fourth-order valence-electron chi connectivity index (χ4n) is 12.6. The van der Waals surface area contributed by atoms with Crippen molar-refractivity contribution in [2.75, 3.05) is 36.8 Å². The first-order valence-electron chi connectivity index (χ1n) is 23.8. The number of likely N-dealkylation sites (tertiary alicyclic amines) is 1. The summed E-state index contributed by atoms with van der Waals surface area (Å²) in [5, 5.41) is 20.7. The smallest absolute Gasteiger partial charge is 0.386 e. The number of carbonyl (C=O) groups is 4. The molecule has 10 rings (SSSR count). The van der Waals surface area contributed by atoms with Gasteiger partial charge in [-0.15, -0.1) is 11.3 Å². The molecule has 2 spiro atoms. The minimum atomic E-state index is -4.68. The van der Waals surface area contributed by atoms with Crippen molar-refractivity contribution in [1.29, 1.82) is 0 Å². The van der Waals surface area contributed by atoms with E-state index in [9.17, 15) is 37.5 Å². The summed E-state index contributed by atoms with van der Waals surface area (Å²) in [7, 11) is 0. The molecule has 2 saturated heterocycles. The number of thiazole rings is 1. The SMILES string of the molecule is C=C1c2cccc(NCCC3CC4(C3)CC3(CCN(C[C@H]5CC[C@H](c6nc7cc(C(C)(C)O)c(NC(=O)c8cccc(C(F)(F)F)n8)cc7s6)CC5)CC3)C4)c2C(=O)N1C1CCC(=O)NC1=O. The zero-order valence-corrected chi connectivity index (χ0v) is 38.9. The zero-order valence-electron chi connectivity index (χ0n) is 38.1. The van der Waals surface area contributed by atoms with Gasteiger partial charge in [-0.05, 0) is 157 Å². The summed E-state index contributed by atoms with van der Waals surface area (Å²) in [6.45, 7) is 11.6. The fraction of sp³-hybridized carbons (Fsp3) is 0.529. The fourth-order valence-corrected chi connectivity index (χ4v) is 13.8. The van der Waals surface area contributed by atoms with Crippen LogP contribution in [0.3, 0.4) is 0 Å². The molecular weight excluding hydrogens is 880 g/mol. The number of halogens is 3. The lowest BCUT2D eigenvalue weighted by molar-refractivity contribution is -0.150. The standard InChI is InChI=1S/C51H58F3N7O5S/c1-29-33-6-4-7-35(43(33)47(65)61(29)39-14-15-42(62)59-45(39)64)55-19-16-31-24-50(25-31)27-49(28-50)17-20-60(21-18-49)26-30-10-12-32(13-11-30)46-58-38-22-34(48(2,3)66)37(23-40(38)67-46)57-44(63)36-8-5-9-41(56-36)51(52,53)54/h4-9,22-23,30-32,39,55,66H,1,10-21,24-28H2,2-3H3,(H,57,63)(H,59,62,64)/t30-,32-,39?. The molecule has 354 valence electrons. The van der Waals surface area contributed by atoms with Crippen molar-refractivity contribution < 1.29 is 37.5 Å². The lowest BCUT2D eigenvalue weighted by Gasteiger charge is -2.66. The highest BCUT2D eigenvalue weighted by Gasteiger charge is 2.59. The molecule has 0 bridgehead atoms. The van der Waals surface area contributed by atoms with Gasteiger partial charge in [0.25, 0.3) is 11.8 Å². The number of nitrogens with one attached hydrogen (secondary N) is 3. The third-order valence-electron chi connectivity index (χ3n) is 15.8. The highest BCUT2D eigenvalue weighted by Crippen LogP contribution is 2.69. The molecule has 5 fully saturated rings. The number of alkyl halides is 3. The van der Waals surface area contributed by atoms with Crippen LogP contribution in [0.25, 0.3) is 15.9 Å². The number of aliphatic hydroxyl groups is 1. The Morgan fingerprint density at radius 3 is 2.37 bits per heavy atom. The molecule has 1 atom stereocenters. The Labute approximate surface area is 392 Å². The number of hydrogen-bond donors (Lipinski definition) is 4. The van der Waals surface area contributed by atoms with Gasteiger partial charge < -0.3 is 20.6 Å². The van der Waals surface area contributed by atoms with Crippen LogP contribution in [0.2, 0.25) is 0 Å². The maximum absolute atomic E-state index is 13.6. The molecule has 12 nitrogen and oxygen atoms in total. The van der Waals surface area contributed by atoms with E-state index in [0.717, 1.165) is 83.8 Å². The van der Waals surface area contributed by atoms with Gasteiger partial charge in [0, 0.05) is 53.6 Å². The van der Waals surface area contributed by atoms with Crippen LogP contribution in [-0.4, -0.2) is 80.7 Å². The number of aromatic nitrogens is 2. The molecule has 2 aromatic heterocycles. The van der Waals surface area contributed by atoms with E-state index in [1.807, 2.05) is 18.2 Å². The van der Waals surface area contributed by atoms with Crippen molar-refractivity contribution in [3.8, 4) is 0 Å². The second kappa shape index (κ2) is 17.1. The van der Waals surface area contributed by atoms with Crippen molar-refractivity contribution >= 4 is 62.3 Å². The number of pyridine rings is 1. The predicted octanol–water partition coefficient (Wildman–Crippen LogP) is 9.47. The van der Waals surface area contributed by atoms with Crippen molar-refractivity contribution in [1.82, 2.24) is 25.1 Å². The zero-order chi connectivity index (χ0) is 47.0. The first kappa shape index (κ1) is 45.6. The molecule has 0 radical (unpaired) electrons. The molecule has 2 aromatic carbocycles. The number of imide groups is 1. The third-order valence-corrected chi connectivity index (χ3v) is 17.0. The number of fused-ring (bicyclic) bond motifs is 2. The Hall–Kier alpha value is -5.19. The Bertz CT molecular complexity index is 2640. The van der Waals surface area contributed by atoms with Crippen molar-refractivity contribution in [2.24, 2.45) is 22.7 Å². The Morgan fingerprint density at radius 1 is 0.940 bits per heavy atom. The van der Waals surface area contributed by atoms with E-state index in [2.05, 4.69) is 32.4 Å². The monoisotopic (exact) mass is 937 g/mol. The van der Waals surface area contributed by atoms with Crippen LogP contribution in [0.15, 0.2) is 55.1 Å². The van der Waals surface area contributed by atoms with Gasteiger partial charge in [-0.25, -0.2) is 9.97 Å². The van der Waals surface area contributed by atoms with Crippen molar-refractivity contribution in [3.63, 3.8) is 0 Å². The van der Waals surface area contributed by atoms with Crippen molar-refractivity contribution in [3.05, 3.63) is 88.2 Å². The average molecular weight is 938 g/mol. The van der Waals surface area contributed by atoms with E-state index in [-0.39, 0.29) is 30.3 Å². The third kappa shape index (κ3) is 8.89. The number of benzene rings is 2. The average Bonchev–Trinajstić information content (AvgIpc) is 3.79. The quantitative estimate of drug-likeness (QED) is 0.108. The number of nitrogens with zero attached hydrogens (tertiary/aromatic N) is 4. The molecule has 4 amide bonds. The first-order chi connectivity index (χ1) is 31.9. The minimum Gasteiger partial charge on any atom is -0.386 e.